The van der Waals surface area contributed by atoms with Gasteiger partial charge in [0.25, 0.3) is 5.91 Å². The van der Waals surface area contributed by atoms with Gasteiger partial charge < -0.3 is 19.3 Å². The van der Waals surface area contributed by atoms with Gasteiger partial charge in [-0.25, -0.2) is 0 Å². The van der Waals surface area contributed by atoms with Gasteiger partial charge in [-0.1, -0.05) is 42.5 Å². The zero-order valence-electron chi connectivity index (χ0n) is 20.4. The van der Waals surface area contributed by atoms with Gasteiger partial charge in [0, 0.05) is 37.7 Å². The Kier molecular flexibility index (Phi) is 6.01. The highest BCUT2D eigenvalue weighted by atomic mass is 19.4. The summed E-state index contributed by atoms with van der Waals surface area (Å²) in [6.45, 7) is 1.29. The van der Waals surface area contributed by atoms with Crippen LogP contribution in [0.25, 0.3) is 0 Å². The molecular weight excluding hydrogens is 497 g/mol. The number of amides is 2. The van der Waals surface area contributed by atoms with Gasteiger partial charge in [0.05, 0.1) is 11.5 Å². The molecule has 3 heterocycles. The number of fused-ring (bicyclic) bond motifs is 2. The van der Waals surface area contributed by atoms with Crippen LogP contribution >= 0.6 is 0 Å². The van der Waals surface area contributed by atoms with Crippen LogP contribution in [0.2, 0.25) is 0 Å². The van der Waals surface area contributed by atoms with Gasteiger partial charge in [-0.3, -0.25) is 9.59 Å². The fourth-order valence-electron chi connectivity index (χ4n) is 5.63. The molecule has 0 aliphatic carbocycles. The average molecular weight is 523 g/mol. The zero-order chi connectivity index (χ0) is 26.4. The first-order valence-electron chi connectivity index (χ1n) is 12.5. The van der Waals surface area contributed by atoms with Gasteiger partial charge in [0.2, 0.25) is 12.7 Å². The van der Waals surface area contributed by atoms with Crippen molar-refractivity contribution in [3.8, 4) is 11.5 Å². The molecular formula is C29H25F3N2O4. The third-order valence-electron chi connectivity index (χ3n) is 7.63. The lowest BCUT2D eigenvalue weighted by Gasteiger charge is -2.32. The van der Waals surface area contributed by atoms with Crippen molar-refractivity contribution < 1.29 is 32.2 Å². The van der Waals surface area contributed by atoms with E-state index in [0.29, 0.717) is 42.1 Å². The van der Waals surface area contributed by atoms with Crippen LogP contribution < -0.4 is 9.47 Å². The van der Waals surface area contributed by atoms with Crippen molar-refractivity contribution in [2.75, 3.05) is 26.4 Å². The van der Waals surface area contributed by atoms with Gasteiger partial charge in [-0.2, -0.15) is 13.2 Å². The summed E-state index contributed by atoms with van der Waals surface area (Å²) >= 11 is 0. The number of halogens is 3. The maximum atomic E-state index is 13.9. The van der Waals surface area contributed by atoms with E-state index in [9.17, 15) is 22.8 Å². The number of benzene rings is 3. The third kappa shape index (κ3) is 4.46. The van der Waals surface area contributed by atoms with Crippen LogP contribution in [0.1, 0.15) is 38.5 Å². The first kappa shape index (κ1) is 24.3. The minimum absolute atomic E-state index is 0.0733. The zero-order valence-corrected chi connectivity index (χ0v) is 20.4. The second kappa shape index (κ2) is 9.38. The minimum Gasteiger partial charge on any atom is -0.454 e. The molecule has 0 saturated carbocycles. The summed E-state index contributed by atoms with van der Waals surface area (Å²) in [6, 6.07) is 17.9. The van der Waals surface area contributed by atoms with E-state index in [1.807, 2.05) is 24.3 Å². The number of likely N-dealkylation sites (tertiary alicyclic amines) is 1. The predicted octanol–water partition coefficient (Wildman–Crippen LogP) is 4.87. The Hall–Kier alpha value is -4.01. The number of carbonyl (C=O) groups excluding carboxylic acids is 2. The summed E-state index contributed by atoms with van der Waals surface area (Å²) in [5.74, 6) is -0.684. The van der Waals surface area contributed by atoms with Crippen LogP contribution in [-0.4, -0.2) is 48.0 Å². The highest BCUT2D eigenvalue weighted by Gasteiger charge is 2.43. The summed E-state index contributed by atoms with van der Waals surface area (Å²) in [5.41, 5.74) is 2.26. The van der Waals surface area contributed by atoms with E-state index in [1.54, 1.807) is 34.1 Å². The largest absolute Gasteiger partial charge is 0.454 e. The van der Waals surface area contributed by atoms with Crippen LogP contribution in [-0.2, 0) is 23.9 Å². The Labute approximate surface area is 217 Å². The van der Waals surface area contributed by atoms with Crippen molar-refractivity contribution in [1.82, 2.24) is 9.80 Å². The van der Waals surface area contributed by atoms with E-state index in [4.69, 9.17) is 9.47 Å². The van der Waals surface area contributed by atoms with Gasteiger partial charge in [0.1, 0.15) is 0 Å². The second-order valence-electron chi connectivity index (χ2n) is 9.89. The third-order valence-corrected chi connectivity index (χ3v) is 7.63. The number of rotatable bonds is 3. The lowest BCUT2D eigenvalue weighted by atomic mass is 9.86. The van der Waals surface area contributed by atoms with Crippen molar-refractivity contribution in [2.24, 2.45) is 5.92 Å². The molecule has 3 aliphatic heterocycles. The maximum Gasteiger partial charge on any atom is 0.416 e. The number of ether oxygens (including phenoxy) is 2. The number of alkyl halides is 3. The minimum atomic E-state index is -4.51. The molecule has 0 aromatic heterocycles. The molecule has 2 atom stereocenters. The molecule has 0 radical (unpaired) electrons. The molecule has 0 bridgehead atoms. The predicted molar refractivity (Wildman–Crippen MR) is 132 cm³/mol. The maximum absolute atomic E-state index is 13.9. The molecule has 3 aromatic rings. The first-order chi connectivity index (χ1) is 18.3. The summed E-state index contributed by atoms with van der Waals surface area (Å²) < 4.78 is 51.3. The monoisotopic (exact) mass is 522 g/mol. The molecule has 3 aromatic carbocycles. The Morgan fingerprint density at radius 3 is 2.45 bits per heavy atom. The number of hydrogen-bond donors (Lipinski definition) is 0. The molecule has 1 fully saturated rings. The number of nitrogens with zero attached hydrogens (tertiary/aromatic N) is 2. The van der Waals surface area contributed by atoms with Crippen molar-refractivity contribution in [1.29, 1.82) is 0 Å². The lowest BCUT2D eigenvalue weighted by Crippen LogP contribution is -2.42. The molecule has 2 amide bonds. The van der Waals surface area contributed by atoms with E-state index in [2.05, 4.69) is 0 Å². The van der Waals surface area contributed by atoms with Crippen LogP contribution in [0.5, 0.6) is 11.5 Å². The molecule has 0 N–H and O–H groups in total. The number of hydrogen-bond acceptors (Lipinski definition) is 4. The van der Waals surface area contributed by atoms with E-state index < -0.39 is 23.6 Å². The standard InChI is InChI=1S/C29H25F3N2O4/c30-29(31,32)22-7-3-6-19(12-22)23-15-34(27(35)20-8-9-25-26(13-20)38-17-37-25)16-24(23)28(36)33-11-10-18-4-1-2-5-21(18)14-33/h1-9,12-13,23-24H,10-11,14-17H2/t23-,24+/m1/s1. The van der Waals surface area contributed by atoms with Crippen molar-refractivity contribution in [3.63, 3.8) is 0 Å². The Morgan fingerprint density at radius 2 is 1.63 bits per heavy atom. The van der Waals surface area contributed by atoms with E-state index in [-0.39, 0.29) is 31.7 Å². The highest BCUT2D eigenvalue weighted by Crippen LogP contribution is 2.39. The Morgan fingerprint density at radius 1 is 0.842 bits per heavy atom. The van der Waals surface area contributed by atoms with Gasteiger partial charge >= 0.3 is 6.18 Å². The molecule has 38 heavy (non-hydrogen) atoms. The number of carbonyl (C=O) groups is 2. The van der Waals surface area contributed by atoms with Gasteiger partial charge in [0.15, 0.2) is 11.5 Å². The molecule has 6 nitrogen and oxygen atoms in total. The second-order valence-corrected chi connectivity index (χ2v) is 9.89. The first-order valence-corrected chi connectivity index (χ1v) is 12.5. The average Bonchev–Trinajstić information content (AvgIpc) is 3.59. The molecule has 3 aliphatic rings. The SMILES string of the molecule is O=C(c1ccc2c(c1)OCO2)N1C[C@H](C(=O)N2CCc3ccccc3C2)[C@@H](c2cccc(C(F)(F)F)c2)C1. The molecule has 6 rings (SSSR count). The molecule has 1 saturated heterocycles. The van der Waals surface area contributed by atoms with E-state index in [1.165, 1.54) is 11.6 Å². The van der Waals surface area contributed by atoms with Crippen molar-refractivity contribution in [3.05, 3.63) is 94.5 Å². The topological polar surface area (TPSA) is 59.1 Å². The smallest absolute Gasteiger partial charge is 0.416 e. The van der Waals surface area contributed by atoms with E-state index >= 15 is 0 Å². The van der Waals surface area contributed by atoms with Crippen molar-refractivity contribution in [2.45, 2.75) is 25.1 Å². The van der Waals surface area contributed by atoms with Crippen molar-refractivity contribution >= 4 is 11.8 Å². The van der Waals surface area contributed by atoms with Crippen LogP contribution in [0.15, 0.2) is 66.7 Å². The lowest BCUT2D eigenvalue weighted by molar-refractivity contribution is -0.137. The van der Waals surface area contributed by atoms with Crippen LogP contribution in [0.3, 0.4) is 0 Å². The summed E-state index contributed by atoms with van der Waals surface area (Å²) in [7, 11) is 0. The van der Waals surface area contributed by atoms with Gasteiger partial charge in [-0.05, 0) is 47.4 Å². The van der Waals surface area contributed by atoms with E-state index in [0.717, 1.165) is 17.7 Å². The highest BCUT2D eigenvalue weighted by molar-refractivity contribution is 5.96. The summed E-state index contributed by atoms with van der Waals surface area (Å²) in [5, 5.41) is 0. The summed E-state index contributed by atoms with van der Waals surface area (Å²) in [6.07, 6.45) is -3.80. The fraction of sp³-hybridized carbons (Fsp3) is 0.310. The molecule has 0 unspecified atom stereocenters. The Balaban J connectivity index is 1.30. The molecule has 196 valence electrons. The summed E-state index contributed by atoms with van der Waals surface area (Å²) in [4.78, 5) is 30.7. The molecule has 9 heteroatoms. The fourth-order valence-corrected chi connectivity index (χ4v) is 5.63. The van der Waals surface area contributed by atoms with Gasteiger partial charge in [-0.15, -0.1) is 0 Å². The van der Waals surface area contributed by atoms with Crippen LogP contribution in [0, 0.1) is 5.92 Å². The molecule has 0 spiro atoms. The Bertz CT molecular complexity index is 1410. The normalized spacial score (nSPS) is 20.4. The van der Waals surface area contributed by atoms with Crippen LogP contribution in [0.4, 0.5) is 13.2 Å². The quantitative estimate of drug-likeness (QED) is 0.492.